The van der Waals surface area contributed by atoms with Crippen molar-refractivity contribution in [3.05, 3.63) is 28.2 Å². The molecule has 1 aromatic rings. The molecule has 0 aliphatic carbocycles. The lowest BCUT2D eigenvalue weighted by Gasteiger charge is -2.07. The molecule has 1 aliphatic heterocycles. The first kappa shape index (κ1) is 9.03. The molecule has 0 saturated carbocycles. The highest BCUT2D eigenvalue weighted by molar-refractivity contribution is 9.10. The smallest absolute Gasteiger partial charge is 0.0437 e. The summed E-state index contributed by atoms with van der Waals surface area (Å²) >= 11 is 3.45. The lowest BCUT2D eigenvalue weighted by atomic mass is 9.99. The minimum absolute atomic E-state index is 0.262. The van der Waals surface area contributed by atoms with Crippen molar-refractivity contribution in [2.75, 3.05) is 18.5 Å². The first-order valence-electron chi connectivity index (χ1n) is 4.45. The summed E-state index contributed by atoms with van der Waals surface area (Å²) in [7, 11) is 0. The Morgan fingerprint density at radius 1 is 1.54 bits per heavy atom. The first-order chi connectivity index (χ1) is 6.31. The summed E-state index contributed by atoms with van der Waals surface area (Å²) in [6.45, 7) is 1.21. The van der Waals surface area contributed by atoms with Gasteiger partial charge in [-0.15, -0.1) is 0 Å². The molecule has 70 valence electrons. The Kier molecular flexibility index (Phi) is 2.56. The molecule has 1 aliphatic rings. The standard InChI is InChI=1S/C10H12BrNO/c11-8-1-2-10-9(5-8)7(3-4-13)6-12-10/h1-2,5,7,12-13H,3-4,6H2. The lowest BCUT2D eigenvalue weighted by molar-refractivity contribution is 0.278. The highest BCUT2D eigenvalue weighted by Crippen LogP contribution is 2.35. The highest BCUT2D eigenvalue weighted by Gasteiger charge is 2.21. The van der Waals surface area contributed by atoms with Gasteiger partial charge in [0.15, 0.2) is 0 Å². The predicted octanol–water partition coefficient (Wildman–Crippen LogP) is 2.34. The Hall–Kier alpha value is -0.540. The monoisotopic (exact) mass is 241 g/mol. The van der Waals surface area contributed by atoms with Crippen molar-refractivity contribution in [2.24, 2.45) is 0 Å². The number of aliphatic hydroxyl groups excluding tert-OH is 1. The molecular weight excluding hydrogens is 230 g/mol. The van der Waals surface area contributed by atoms with Crippen LogP contribution in [0.1, 0.15) is 17.9 Å². The van der Waals surface area contributed by atoms with Crippen molar-refractivity contribution in [3.8, 4) is 0 Å². The molecule has 0 fully saturated rings. The van der Waals surface area contributed by atoms with E-state index in [-0.39, 0.29) is 6.61 Å². The molecule has 2 N–H and O–H groups in total. The summed E-state index contributed by atoms with van der Waals surface area (Å²) in [5.41, 5.74) is 2.53. The van der Waals surface area contributed by atoms with Crippen LogP contribution in [-0.2, 0) is 0 Å². The third-order valence-corrected chi connectivity index (χ3v) is 2.96. The molecule has 1 unspecified atom stereocenters. The van der Waals surface area contributed by atoms with Crippen LogP contribution in [-0.4, -0.2) is 18.3 Å². The number of anilines is 1. The summed E-state index contributed by atoms with van der Waals surface area (Å²) in [4.78, 5) is 0. The zero-order valence-electron chi connectivity index (χ0n) is 7.26. The van der Waals surface area contributed by atoms with E-state index in [1.54, 1.807) is 0 Å². The van der Waals surface area contributed by atoms with Gasteiger partial charge in [-0.05, 0) is 30.2 Å². The van der Waals surface area contributed by atoms with E-state index in [1.807, 2.05) is 6.07 Å². The van der Waals surface area contributed by atoms with E-state index in [4.69, 9.17) is 5.11 Å². The van der Waals surface area contributed by atoms with Gasteiger partial charge in [0.1, 0.15) is 0 Å². The normalized spacial score (nSPS) is 19.7. The number of aliphatic hydroxyl groups is 1. The van der Waals surface area contributed by atoms with E-state index in [0.717, 1.165) is 17.4 Å². The second-order valence-electron chi connectivity index (χ2n) is 3.32. The van der Waals surface area contributed by atoms with Crippen molar-refractivity contribution in [1.29, 1.82) is 0 Å². The maximum Gasteiger partial charge on any atom is 0.0437 e. The van der Waals surface area contributed by atoms with E-state index in [2.05, 4.69) is 33.4 Å². The number of benzene rings is 1. The van der Waals surface area contributed by atoms with Crippen molar-refractivity contribution in [1.82, 2.24) is 0 Å². The van der Waals surface area contributed by atoms with E-state index in [9.17, 15) is 0 Å². The summed E-state index contributed by atoms with van der Waals surface area (Å²) in [5, 5.41) is 12.2. The van der Waals surface area contributed by atoms with Crippen molar-refractivity contribution >= 4 is 21.6 Å². The Morgan fingerprint density at radius 2 is 2.38 bits per heavy atom. The van der Waals surface area contributed by atoms with Gasteiger partial charge < -0.3 is 10.4 Å². The van der Waals surface area contributed by atoms with E-state index < -0.39 is 0 Å². The molecule has 2 rings (SSSR count). The molecule has 1 atom stereocenters. The van der Waals surface area contributed by atoms with Crippen LogP contribution in [0.15, 0.2) is 22.7 Å². The van der Waals surface area contributed by atoms with E-state index >= 15 is 0 Å². The summed E-state index contributed by atoms with van der Waals surface area (Å²) in [6.07, 6.45) is 0.844. The fourth-order valence-electron chi connectivity index (χ4n) is 1.79. The average molecular weight is 242 g/mol. The van der Waals surface area contributed by atoms with Crippen LogP contribution in [0.4, 0.5) is 5.69 Å². The van der Waals surface area contributed by atoms with Crippen LogP contribution >= 0.6 is 15.9 Å². The van der Waals surface area contributed by atoms with Gasteiger partial charge in [0.25, 0.3) is 0 Å². The number of rotatable bonds is 2. The highest BCUT2D eigenvalue weighted by atomic mass is 79.9. The van der Waals surface area contributed by atoms with Gasteiger partial charge in [0.2, 0.25) is 0 Å². The molecule has 3 heteroatoms. The second kappa shape index (κ2) is 3.68. The van der Waals surface area contributed by atoms with Crippen LogP contribution < -0.4 is 5.32 Å². The van der Waals surface area contributed by atoms with Crippen LogP contribution in [0.25, 0.3) is 0 Å². The Bertz CT molecular complexity index is 312. The fourth-order valence-corrected chi connectivity index (χ4v) is 2.17. The van der Waals surface area contributed by atoms with Crippen molar-refractivity contribution in [3.63, 3.8) is 0 Å². The van der Waals surface area contributed by atoms with Gasteiger partial charge in [-0.25, -0.2) is 0 Å². The quantitative estimate of drug-likeness (QED) is 0.834. The predicted molar refractivity (Wildman–Crippen MR) is 57.1 cm³/mol. The second-order valence-corrected chi connectivity index (χ2v) is 4.24. The number of hydrogen-bond acceptors (Lipinski definition) is 2. The molecule has 13 heavy (non-hydrogen) atoms. The third kappa shape index (κ3) is 1.71. The maximum absolute atomic E-state index is 8.88. The SMILES string of the molecule is OCCC1CNc2ccc(Br)cc21. The summed E-state index contributed by atoms with van der Waals surface area (Å²) in [6, 6.07) is 6.25. The third-order valence-electron chi connectivity index (χ3n) is 2.47. The van der Waals surface area contributed by atoms with Gasteiger partial charge in [0, 0.05) is 29.2 Å². The zero-order chi connectivity index (χ0) is 9.26. The van der Waals surface area contributed by atoms with Gasteiger partial charge in [-0.1, -0.05) is 15.9 Å². The lowest BCUT2D eigenvalue weighted by Crippen LogP contribution is -2.03. The van der Waals surface area contributed by atoms with E-state index in [1.165, 1.54) is 11.3 Å². The van der Waals surface area contributed by atoms with Gasteiger partial charge in [-0.3, -0.25) is 0 Å². The molecule has 0 saturated heterocycles. The van der Waals surface area contributed by atoms with Gasteiger partial charge in [0.05, 0.1) is 0 Å². The maximum atomic E-state index is 8.88. The molecule has 0 bridgehead atoms. The molecule has 0 aromatic heterocycles. The number of hydrogen-bond donors (Lipinski definition) is 2. The van der Waals surface area contributed by atoms with Crippen LogP contribution in [0.3, 0.4) is 0 Å². The topological polar surface area (TPSA) is 32.3 Å². The molecular formula is C10H12BrNO. The molecule has 1 aromatic carbocycles. The number of fused-ring (bicyclic) bond motifs is 1. The fraction of sp³-hybridized carbons (Fsp3) is 0.400. The zero-order valence-corrected chi connectivity index (χ0v) is 8.84. The molecule has 2 nitrogen and oxygen atoms in total. The van der Waals surface area contributed by atoms with E-state index in [0.29, 0.717) is 5.92 Å². The minimum Gasteiger partial charge on any atom is -0.396 e. The Morgan fingerprint density at radius 3 is 3.15 bits per heavy atom. The number of halogens is 1. The Labute approximate surface area is 86.1 Å². The molecule has 1 heterocycles. The van der Waals surface area contributed by atoms with Gasteiger partial charge in [-0.2, -0.15) is 0 Å². The molecule has 0 radical (unpaired) electrons. The Balaban J connectivity index is 2.29. The average Bonchev–Trinajstić information content (AvgIpc) is 2.49. The van der Waals surface area contributed by atoms with Crippen molar-refractivity contribution < 1.29 is 5.11 Å². The summed E-state index contributed by atoms with van der Waals surface area (Å²) < 4.78 is 1.11. The largest absolute Gasteiger partial charge is 0.396 e. The summed E-state index contributed by atoms with van der Waals surface area (Å²) in [5.74, 6) is 0.470. The molecule has 0 spiro atoms. The van der Waals surface area contributed by atoms with Gasteiger partial charge >= 0.3 is 0 Å². The first-order valence-corrected chi connectivity index (χ1v) is 5.24. The molecule has 0 amide bonds. The van der Waals surface area contributed by atoms with Crippen molar-refractivity contribution in [2.45, 2.75) is 12.3 Å². The van der Waals surface area contributed by atoms with Crippen LogP contribution in [0, 0.1) is 0 Å². The minimum atomic E-state index is 0.262. The van der Waals surface area contributed by atoms with Crippen LogP contribution in [0.5, 0.6) is 0 Å². The van der Waals surface area contributed by atoms with Crippen LogP contribution in [0.2, 0.25) is 0 Å². The number of nitrogens with one attached hydrogen (secondary N) is 1.